The first-order valence-electron chi connectivity index (χ1n) is 8.97. The Labute approximate surface area is 165 Å². The van der Waals surface area contributed by atoms with E-state index in [1.54, 1.807) is 27.7 Å². The molecule has 1 saturated heterocycles. The quantitative estimate of drug-likeness (QED) is 0.496. The number of halogens is 1. The van der Waals surface area contributed by atoms with Crippen LogP contribution >= 0.6 is 0 Å². The predicted octanol–water partition coefficient (Wildman–Crippen LogP) is 2.28. The molecule has 0 saturated carbocycles. The number of anilines is 1. The Bertz CT molecular complexity index is 1050. The van der Waals surface area contributed by atoms with Crippen LogP contribution in [0.15, 0.2) is 55.1 Å². The van der Waals surface area contributed by atoms with E-state index in [4.69, 9.17) is 0 Å². The monoisotopic (exact) mass is 396 g/mol. The van der Waals surface area contributed by atoms with Gasteiger partial charge in [-0.2, -0.15) is 0 Å². The summed E-state index contributed by atoms with van der Waals surface area (Å²) in [6.45, 7) is 1.83. The third-order valence-corrected chi connectivity index (χ3v) is 4.88. The summed E-state index contributed by atoms with van der Waals surface area (Å²) in [7, 11) is 0. The van der Waals surface area contributed by atoms with E-state index in [2.05, 4.69) is 10.2 Å². The number of aromatic nitrogens is 3. The number of piperazine rings is 1. The molecule has 2 aromatic carbocycles. The van der Waals surface area contributed by atoms with E-state index in [9.17, 15) is 19.3 Å². The van der Waals surface area contributed by atoms with Crippen molar-refractivity contribution in [1.82, 2.24) is 19.7 Å². The Balaban J connectivity index is 1.55. The van der Waals surface area contributed by atoms with Crippen LogP contribution in [0.25, 0.3) is 5.69 Å². The number of carbonyl (C=O) groups excluding carboxylic acids is 1. The molecule has 0 aliphatic carbocycles. The predicted molar refractivity (Wildman–Crippen MR) is 103 cm³/mol. The molecule has 0 radical (unpaired) electrons. The molecule has 29 heavy (non-hydrogen) atoms. The van der Waals surface area contributed by atoms with Gasteiger partial charge in [0.25, 0.3) is 11.6 Å². The minimum atomic E-state index is -0.537. The first-order chi connectivity index (χ1) is 14.0. The summed E-state index contributed by atoms with van der Waals surface area (Å²) in [6, 6.07) is 10.5. The fourth-order valence-corrected chi connectivity index (χ4v) is 3.38. The molecule has 0 unspecified atom stereocenters. The number of carbonyl (C=O) groups is 1. The first kappa shape index (κ1) is 18.5. The molecule has 1 aromatic heterocycles. The number of nitrogens with zero attached hydrogens (tertiary/aromatic N) is 6. The number of benzene rings is 2. The molecule has 4 rings (SSSR count). The summed E-state index contributed by atoms with van der Waals surface area (Å²) in [5, 5.41) is 18.7. The second kappa shape index (κ2) is 7.66. The third-order valence-electron chi connectivity index (χ3n) is 4.88. The van der Waals surface area contributed by atoms with Gasteiger partial charge in [-0.3, -0.25) is 19.5 Å². The van der Waals surface area contributed by atoms with Crippen LogP contribution < -0.4 is 4.90 Å². The van der Waals surface area contributed by atoms with Gasteiger partial charge in [0.2, 0.25) is 0 Å². The second-order valence-corrected chi connectivity index (χ2v) is 6.56. The number of amides is 1. The number of nitro groups is 1. The van der Waals surface area contributed by atoms with Crippen molar-refractivity contribution in [3.8, 4) is 5.69 Å². The lowest BCUT2D eigenvalue weighted by Crippen LogP contribution is -2.49. The molecular weight excluding hydrogens is 379 g/mol. The standard InChI is InChI=1S/C19H17FN6O3/c20-16-4-2-1-3-15(16)19(27)24-9-7-23(8-10-24)17-6-5-14(26(28)29)11-18(17)25-12-21-22-13-25/h1-6,11-13H,7-10H2. The van der Waals surface area contributed by atoms with Gasteiger partial charge in [0.1, 0.15) is 18.5 Å². The number of nitro benzene ring substituents is 1. The molecule has 0 N–H and O–H groups in total. The summed E-state index contributed by atoms with van der Waals surface area (Å²) >= 11 is 0. The van der Waals surface area contributed by atoms with E-state index < -0.39 is 10.7 Å². The van der Waals surface area contributed by atoms with Gasteiger partial charge < -0.3 is 9.80 Å². The van der Waals surface area contributed by atoms with Crippen LogP contribution in [0.3, 0.4) is 0 Å². The van der Waals surface area contributed by atoms with Crippen molar-refractivity contribution in [2.75, 3.05) is 31.1 Å². The number of rotatable bonds is 4. The summed E-state index contributed by atoms with van der Waals surface area (Å²) in [5.41, 5.74) is 1.37. The molecule has 1 amide bonds. The SMILES string of the molecule is O=C(c1ccccc1F)N1CCN(c2ccc([N+](=O)[O-])cc2-n2cnnc2)CC1. The molecule has 1 aliphatic heterocycles. The normalized spacial score (nSPS) is 14.1. The van der Waals surface area contributed by atoms with Gasteiger partial charge in [0.15, 0.2) is 0 Å². The third kappa shape index (κ3) is 3.64. The largest absolute Gasteiger partial charge is 0.366 e. The maximum atomic E-state index is 13.9. The highest BCUT2D eigenvalue weighted by Gasteiger charge is 2.26. The van der Waals surface area contributed by atoms with Gasteiger partial charge in [0.05, 0.1) is 21.9 Å². The molecule has 1 aliphatic rings. The van der Waals surface area contributed by atoms with Crippen LogP contribution in [0.5, 0.6) is 0 Å². The lowest BCUT2D eigenvalue weighted by atomic mass is 10.1. The summed E-state index contributed by atoms with van der Waals surface area (Å²) in [6.07, 6.45) is 2.95. The van der Waals surface area contributed by atoms with Crippen molar-refractivity contribution in [3.63, 3.8) is 0 Å². The van der Waals surface area contributed by atoms with Crippen molar-refractivity contribution >= 4 is 17.3 Å². The van der Waals surface area contributed by atoms with Crippen LogP contribution in [0, 0.1) is 15.9 Å². The highest BCUT2D eigenvalue weighted by atomic mass is 19.1. The molecule has 3 aromatic rings. The van der Waals surface area contributed by atoms with Crippen molar-refractivity contribution in [1.29, 1.82) is 0 Å². The van der Waals surface area contributed by atoms with Crippen LogP contribution in [-0.2, 0) is 0 Å². The Kier molecular flexibility index (Phi) is 4.90. The number of hydrogen-bond acceptors (Lipinski definition) is 6. The van der Waals surface area contributed by atoms with Crippen LogP contribution in [0.2, 0.25) is 0 Å². The van der Waals surface area contributed by atoms with Gasteiger partial charge >= 0.3 is 0 Å². The van der Waals surface area contributed by atoms with E-state index in [0.717, 1.165) is 5.69 Å². The maximum Gasteiger partial charge on any atom is 0.271 e. The fraction of sp³-hybridized carbons (Fsp3) is 0.211. The molecule has 0 bridgehead atoms. The number of hydrogen-bond donors (Lipinski definition) is 0. The average Bonchev–Trinajstić information content (AvgIpc) is 3.28. The second-order valence-electron chi connectivity index (χ2n) is 6.56. The Morgan fingerprint density at radius 2 is 1.69 bits per heavy atom. The molecule has 0 atom stereocenters. The maximum absolute atomic E-state index is 13.9. The van der Waals surface area contributed by atoms with Crippen molar-refractivity contribution < 1.29 is 14.1 Å². The van der Waals surface area contributed by atoms with Crippen molar-refractivity contribution in [2.45, 2.75) is 0 Å². The molecule has 9 nitrogen and oxygen atoms in total. The summed E-state index contributed by atoms with van der Waals surface area (Å²) in [5.74, 6) is -0.879. The zero-order valence-corrected chi connectivity index (χ0v) is 15.3. The van der Waals surface area contributed by atoms with Gasteiger partial charge in [0, 0.05) is 38.3 Å². The van der Waals surface area contributed by atoms with E-state index >= 15 is 0 Å². The van der Waals surface area contributed by atoms with E-state index in [-0.39, 0.29) is 17.2 Å². The van der Waals surface area contributed by atoms with Crippen LogP contribution in [0.1, 0.15) is 10.4 Å². The van der Waals surface area contributed by atoms with E-state index in [1.807, 2.05) is 4.90 Å². The lowest BCUT2D eigenvalue weighted by molar-refractivity contribution is -0.384. The van der Waals surface area contributed by atoms with Gasteiger partial charge in [-0.25, -0.2) is 4.39 Å². The van der Waals surface area contributed by atoms with Gasteiger partial charge in [-0.15, -0.1) is 10.2 Å². The molecular formula is C19H17FN6O3. The van der Waals surface area contributed by atoms with Crippen molar-refractivity contribution in [2.24, 2.45) is 0 Å². The highest BCUT2D eigenvalue weighted by Crippen LogP contribution is 2.29. The smallest absolute Gasteiger partial charge is 0.271 e. The zero-order valence-electron chi connectivity index (χ0n) is 15.3. The minimum Gasteiger partial charge on any atom is -0.366 e. The van der Waals surface area contributed by atoms with E-state index in [0.29, 0.717) is 31.9 Å². The van der Waals surface area contributed by atoms with Crippen molar-refractivity contribution in [3.05, 3.63) is 76.6 Å². The minimum absolute atomic E-state index is 0.0363. The lowest BCUT2D eigenvalue weighted by Gasteiger charge is -2.37. The topological polar surface area (TPSA) is 97.4 Å². The van der Waals surface area contributed by atoms with E-state index in [1.165, 1.54) is 36.9 Å². The number of non-ortho nitro benzene ring substituents is 1. The average molecular weight is 396 g/mol. The first-order valence-corrected chi connectivity index (χ1v) is 8.97. The molecule has 0 spiro atoms. The fourth-order valence-electron chi connectivity index (χ4n) is 3.38. The van der Waals surface area contributed by atoms with Crippen LogP contribution in [-0.4, -0.2) is 56.7 Å². The molecule has 10 heteroatoms. The Morgan fingerprint density at radius 1 is 1.00 bits per heavy atom. The summed E-state index contributed by atoms with van der Waals surface area (Å²) in [4.78, 5) is 27.0. The molecule has 2 heterocycles. The molecule has 148 valence electrons. The highest BCUT2D eigenvalue weighted by molar-refractivity contribution is 5.94. The molecule has 1 fully saturated rings. The Morgan fingerprint density at radius 3 is 2.34 bits per heavy atom. The Hall–Kier alpha value is -3.82. The van der Waals surface area contributed by atoms with Gasteiger partial charge in [-0.1, -0.05) is 12.1 Å². The zero-order chi connectivity index (χ0) is 20.4. The van der Waals surface area contributed by atoms with Crippen LogP contribution in [0.4, 0.5) is 15.8 Å². The van der Waals surface area contributed by atoms with Gasteiger partial charge in [-0.05, 0) is 18.2 Å². The summed E-state index contributed by atoms with van der Waals surface area (Å²) < 4.78 is 15.5.